The number of anilines is 1. The Kier molecular flexibility index (Phi) is 5.14. The molecule has 22 heavy (non-hydrogen) atoms. The van der Waals surface area contributed by atoms with Gasteiger partial charge in [-0.2, -0.15) is 0 Å². The molecule has 0 saturated heterocycles. The molecule has 0 bridgehead atoms. The van der Waals surface area contributed by atoms with E-state index in [1.165, 1.54) is 37.5 Å². The standard InChI is InChI=1S/C17H16FNO3/c1-21-15-5-3-4-12(17(15)22-2)6-11-16(20)19-14-9-7-13(18)8-10-14/h3-11H,1-2H3,(H,19,20)/b11-6+. The van der Waals surface area contributed by atoms with Gasteiger partial charge in [0, 0.05) is 17.3 Å². The molecule has 0 aliphatic rings. The van der Waals surface area contributed by atoms with Crippen LogP contribution >= 0.6 is 0 Å². The second kappa shape index (κ2) is 7.26. The highest BCUT2D eigenvalue weighted by atomic mass is 19.1. The average molecular weight is 301 g/mol. The summed E-state index contributed by atoms with van der Waals surface area (Å²) in [6.07, 6.45) is 3.00. The first-order valence-corrected chi connectivity index (χ1v) is 6.59. The summed E-state index contributed by atoms with van der Waals surface area (Å²) in [5.74, 6) is 0.463. The SMILES string of the molecule is COc1cccc(/C=C/C(=O)Nc2ccc(F)cc2)c1OC. The smallest absolute Gasteiger partial charge is 0.248 e. The molecule has 1 N–H and O–H groups in total. The van der Waals surface area contributed by atoms with Gasteiger partial charge in [-0.25, -0.2) is 4.39 Å². The van der Waals surface area contributed by atoms with Crippen molar-refractivity contribution >= 4 is 17.7 Å². The van der Waals surface area contributed by atoms with Crippen molar-refractivity contribution in [3.63, 3.8) is 0 Å². The lowest BCUT2D eigenvalue weighted by Gasteiger charge is -2.09. The van der Waals surface area contributed by atoms with Gasteiger partial charge in [0.05, 0.1) is 14.2 Å². The number of amides is 1. The molecule has 1 amide bonds. The van der Waals surface area contributed by atoms with Crippen molar-refractivity contribution in [2.24, 2.45) is 0 Å². The minimum absolute atomic E-state index is 0.323. The number of hydrogen-bond acceptors (Lipinski definition) is 3. The molecule has 5 heteroatoms. The van der Waals surface area contributed by atoms with Crippen LogP contribution in [0.5, 0.6) is 11.5 Å². The van der Waals surface area contributed by atoms with Crippen LogP contribution in [0.4, 0.5) is 10.1 Å². The second-order valence-electron chi connectivity index (χ2n) is 4.41. The molecule has 0 aromatic heterocycles. The molecule has 0 aliphatic carbocycles. The highest BCUT2D eigenvalue weighted by molar-refractivity contribution is 6.02. The predicted octanol–water partition coefficient (Wildman–Crippen LogP) is 3.49. The Morgan fingerprint density at radius 2 is 1.82 bits per heavy atom. The summed E-state index contributed by atoms with van der Waals surface area (Å²) < 4.78 is 23.3. The van der Waals surface area contributed by atoms with Crippen molar-refractivity contribution in [1.82, 2.24) is 0 Å². The van der Waals surface area contributed by atoms with E-state index in [0.29, 0.717) is 17.2 Å². The predicted molar refractivity (Wildman–Crippen MR) is 83.6 cm³/mol. The Labute approximate surface area is 128 Å². The lowest BCUT2D eigenvalue weighted by atomic mass is 10.1. The molecule has 0 fully saturated rings. The van der Waals surface area contributed by atoms with Crippen molar-refractivity contribution in [3.8, 4) is 11.5 Å². The van der Waals surface area contributed by atoms with E-state index in [-0.39, 0.29) is 11.7 Å². The Morgan fingerprint density at radius 3 is 2.45 bits per heavy atom. The van der Waals surface area contributed by atoms with Crippen molar-refractivity contribution < 1.29 is 18.7 Å². The van der Waals surface area contributed by atoms with Crippen LogP contribution in [0, 0.1) is 5.82 Å². The largest absolute Gasteiger partial charge is 0.493 e. The molecular weight excluding hydrogens is 285 g/mol. The van der Waals surface area contributed by atoms with Crippen molar-refractivity contribution in [2.75, 3.05) is 19.5 Å². The van der Waals surface area contributed by atoms with Crippen molar-refractivity contribution in [1.29, 1.82) is 0 Å². The summed E-state index contributed by atoms with van der Waals surface area (Å²) in [4.78, 5) is 11.9. The second-order valence-corrected chi connectivity index (χ2v) is 4.41. The number of methoxy groups -OCH3 is 2. The van der Waals surface area contributed by atoms with E-state index in [2.05, 4.69) is 5.32 Å². The van der Waals surface area contributed by atoms with Crippen molar-refractivity contribution in [3.05, 3.63) is 59.9 Å². The normalized spacial score (nSPS) is 10.5. The first-order chi connectivity index (χ1) is 10.6. The van der Waals surface area contributed by atoms with Gasteiger partial charge in [-0.1, -0.05) is 12.1 Å². The third-order valence-electron chi connectivity index (χ3n) is 2.96. The maximum atomic E-state index is 12.8. The zero-order chi connectivity index (χ0) is 15.9. The quantitative estimate of drug-likeness (QED) is 0.860. The third kappa shape index (κ3) is 3.85. The van der Waals surface area contributed by atoms with Gasteiger partial charge < -0.3 is 14.8 Å². The van der Waals surface area contributed by atoms with Crippen molar-refractivity contribution in [2.45, 2.75) is 0 Å². The number of benzene rings is 2. The fourth-order valence-electron chi connectivity index (χ4n) is 1.93. The van der Waals surface area contributed by atoms with Gasteiger partial charge in [0.25, 0.3) is 0 Å². The topological polar surface area (TPSA) is 47.6 Å². The molecule has 0 spiro atoms. The average Bonchev–Trinajstić information content (AvgIpc) is 2.54. The zero-order valence-electron chi connectivity index (χ0n) is 12.3. The van der Waals surface area contributed by atoms with E-state index in [0.717, 1.165) is 5.56 Å². The molecule has 114 valence electrons. The van der Waals surface area contributed by atoms with Crippen LogP contribution in [0.1, 0.15) is 5.56 Å². The lowest BCUT2D eigenvalue weighted by molar-refractivity contribution is -0.111. The van der Waals surface area contributed by atoms with Gasteiger partial charge >= 0.3 is 0 Å². The first-order valence-electron chi connectivity index (χ1n) is 6.59. The minimum Gasteiger partial charge on any atom is -0.493 e. The van der Waals surface area contributed by atoms with Crippen LogP contribution in [0.15, 0.2) is 48.5 Å². The molecule has 0 aliphatic heterocycles. The summed E-state index contributed by atoms with van der Waals surface area (Å²) in [5.41, 5.74) is 1.24. The summed E-state index contributed by atoms with van der Waals surface area (Å²) in [7, 11) is 3.08. The van der Waals surface area contributed by atoms with Crippen LogP contribution < -0.4 is 14.8 Å². The summed E-state index contributed by atoms with van der Waals surface area (Å²) >= 11 is 0. The van der Waals surface area contributed by atoms with E-state index in [1.54, 1.807) is 25.3 Å². The summed E-state index contributed by atoms with van der Waals surface area (Å²) in [6, 6.07) is 10.9. The molecule has 0 saturated carbocycles. The van der Waals surface area contributed by atoms with E-state index in [4.69, 9.17) is 9.47 Å². The van der Waals surface area contributed by atoms with Crippen LogP contribution in [0.25, 0.3) is 6.08 Å². The van der Waals surface area contributed by atoms with Gasteiger partial charge in [0.1, 0.15) is 5.82 Å². The summed E-state index contributed by atoms with van der Waals surface area (Å²) in [5, 5.41) is 2.64. The minimum atomic E-state index is -0.352. The molecule has 0 radical (unpaired) electrons. The fourth-order valence-corrected chi connectivity index (χ4v) is 1.93. The molecule has 0 unspecified atom stereocenters. The number of carbonyl (C=O) groups excluding carboxylic acids is 1. The van der Waals surface area contributed by atoms with Gasteiger partial charge in [-0.15, -0.1) is 0 Å². The maximum absolute atomic E-state index is 12.8. The Hall–Kier alpha value is -2.82. The molecule has 0 heterocycles. The Balaban J connectivity index is 2.11. The van der Waals surface area contributed by atoms with Crippen LogP contribution in [0.3, 0.4) is 0 Å². The summed E-state index contributed by atoms with van der Waals surface area (Å²) in [6.45, 7) is 0. The number of ether oxygens (including phenoxy) is 2. The van der Waals surface area contributed by atoms with Gasteiger partial charge in [-0.3, -0.25) is 4.79 Å². The van der Waals surface area contributed by atoms with E-state index in [9.17, 15) is 9.18 Å². The van der Waals surface area contributed by atoms with Gasteiger partial charge in [0.2, 0.25) is 5.91 Å². The van der Waals surface area contributed by atoms with Crippen LogP contribution in [0.2, 0.25) is 0 Å². The monoisotopic (exact) mass is 301 g/mol. The number of hydrogen-bond donors (Lipinski definition) is 1. The van der Waals surface area contributed by atoms with Gasteiger partial charge in [-0.05, 0) is 36.4 Å². The maximum Gasteiger partial charge on any atom is 0.248 e. The number of halogens is 1. The molecule has 2 aromatic carbocycles. The third-order valence-corrected chi connectivity index (χ3v) is 2.96. The first kappa shape index (κ1) is 15.6. The van der Waals surface area contributed by atoms with E-state index in [1.807, 2.05) is 6.07 Å². The number of para-hydroxylation sites is 1. The number of nitrogens with one attached hydrogen (secondary N) is 1. The number of rotatable bonds is 5. The number of carbonyl (C=O) groups is 1. The Bertz CT molecular complexity index is 681. The zero-order valence-corrected chi connectivity index (χ0v) is 12.3. The molecular formula is C17H16FNO3. The van der Waals surface area contributed by atoms with Gasteiger partial charge in [0.15, 0.2) is 11.5 Å². The lowest BCUT2D eigenvalue weighted by Crippen LogP contribution is -2.07. The highest BCUT2D eigenvalue weighted by Crippen LogP contribution is 2.31. The Morgan fingerprint density at radius 1 is 1.09 bits per heavy atom. The van der Waals surface area contributed by atoms with E-state index >= 15 is 0 Å². The highest BCUT2D eigenvalue weighted by Gasteiger charge is 2.07. The molecule has 2 aromatic rings. The molecule has 2 rings (SSSR count). The van der Waals surface area contributed by atoms with E-state index < -0.39 is 0 Å². The fraction of sp³-hybridized carbons (Fsp3) is 0.118. The molecule has 4 nitrogen and oxygen atoms in total. The van der Waals surface area contributed by atoms with Crippen LogP contribution in [-0.4, -0.2) is 20.1 Å². The van der Waals surface area contributed by atoms with Crippen LogP contribution in [-0.2, 0) is 4.79 Å². The molecule has 0 atom stereocenters.